The second-order valence-electron chi connectivity index (χ2n) is 8.13. The predicted molar refractivity (Wildman–Crippen MR) is 102 cm³/mol. The average Bonchev–Trinajstić information content (AvgIpc) is 2.90. The average molecular weight is 391 g/mol. The third-order valence-corrected chi connectivity index (χ3v) is 7.97. The van der Waals surface area contributed by atoms with Gasteiger partial charge in [0.25, 0.3) is 5.91 Å². The van der Waals surface area contributed by atoms with E-state index in [2.05, 4.69) is 17.4 Å². The molecule has 1 aromatic rings. The van der Waals surface area contributed by atoms with Crippen molar-refractivity contribution in [2.75, 3.05) is 11.5 Å². The maximum atomic E-state index is 12.9. The van der Waals surface area contributed by atoms with E-state index in [4.69, 9.17) is 0 Å². The number of benzene rings is 1. The zero-order valence-corrected chi connectivity index (χ0v) is 16.3. The number of urea groups is 1. The lowest BCUT2D eigenvalue weighted by atomic mass is 9.84. The van der Waals surface area contributed by atoms with Gasteiger partial charge in [-0.1, -0.05) is 43.5 Å². The monoisotopic (exact) mass is 390 g/mol. The van der Waals surface area contributed by atoms with Gasteiger partial charge in [0.05, 0.1) is 18.1 Å². The molecular weight excluding hydrogens is 364 g/mol. The Morgan fingerprint density at radius 2 is 1.63 bits per heavy atom. The Kier molecular flexibility index (Phi) is 4.74. The lowest BCUT2D eigenvalue weighted by Crippen LogP contribution is -2.52. The van der Waals surface area contributed by atoms with E-state index in [-0.39, 0.29) is 36.8 Å². The third-order valence-electron chi connectivity index (χ3n) is 6.32. The van der Waals surface area contributed by atoms with Gasteiger partial charge >= 0.3 is 6.03 Å². The van der Waals surface area contributed by atoms with E-state index in [9.17, 15) is 18.0 Å². The molecule has 0 atom stereocenters. The van der Waals surface area contributed by atoms with Gasteiger partial charge in [-0.05, 0) is 42.7 Å². The van der Waals surface area contributed by atoms with Gasteiger partial charge in [0.2, 0.25) is 0 Å². The van der Waals surface area contributed by atoms with Crippen molar-refractivity contribution in [1.29, 1.82) is 0 Å². The van der Waals surface area contributed by atoms with E-state index in [0.29, 0.717) is 5.92 Å². The van der Waals surface area contributed by atoms with E-state index in [1.165, 1.54) is 42.6 Å². The highest BCUT2D eigenvalue weighted by atomic mass is 32.2. The van der Waals surface area contributed by atoms with E-state index >= 15 is 0 Å². The zero-order valence-electron chi connectivity index (χ0n) is 15.4. The quantitative estimate of drug-likeness (QED) is 0.805. The number of carbonyl (C=O) groups is 2. The van der Waals surface area contributed by atoms with Crippen molar-refractivity contribution in [2.45, 2.75) is 62.9 Å². The minimum absolute atomic E-state index is 0.0526. The highest BCUT2D eigenvalue weighted by Gasteiger charge is 2.53. The molecule has 0 radical (unpaired) electrons. The number of imide groups is 1. The molecule has 0 aromatic heterocycles. The molecule has 1 aromatic carbocycles. The number of hydrogen-bond acceptors (Lipinski definition) is 4. The summed E-state index contributed by atoms with van der Waals surface area (Å²) in [6.45, 7) is 0.226. The van der Waals surface area contributed by atoms with Crippen molar-refractivity contribution in [1.82, 2.24) is 10.2 Å². The Labute approximate surface area is 160 Å². The molecule has 3 aliphatic rings. The maximum Gasteiger partial charge on any atom is 0.325 e. The number of sulfone groups is 1. The summed E-state index contributed by atoms with van der Waals surface area (Å²) in [5.41, 5.74) is 1.22. The molecular formula is C20H26N2O4S. The summed E-state index contributed by atoms with van der Waals surface area (Å²) in [7, 11) is -3.10. The summed E-state index contributed by atoms with van der Waals surface area (Å²) in [6.07, 6.45) is 6.69. The van der Waals surface area contributed by atoms with Crippen LogP contribution in [-0.4, -0.2) is 42.3 Å². The SMILES string of the molecule is O=C1NC2(CCS(=O)(=O)CC2)C(=O)N1Cc1ccc(C2CCCCC2)cc1. The van der Waals surface area contributed by atoms with Gasteiger partial charge in [-0.2, -0.15) is 0 Å². The van der Waals surface area contributed by atoms with E-state index in [1.807, 2.05) is 12.1 Å². The van der Waals surface area contributed by atoms with Gasteiger partial charge in [0, 0.05) is 0 Å². The number of carbonyl (C=O) groups excluding carboxylic acids is 2. The van der Waals surface area contributed by atoms with Crippen LogP contribution in [0.25, 0.3) is 0 Å². The molecule has 7 heteroatoms. The third kappa shape index (κ3) is 3.61. The zero-order chi connectivity index (χ0) is 19.1. The van der Waals surface area contributed by atoms with Gasteiger partial charge in [-0.15, -0.1) is 0 Å². The molecule has 146 valence electrons. The van der Waals surface area contributed by atoms with E-state index in [1.54, 1.807) is 0 Å². The first-order valence-corrected chi connectivity index (χ1v) is 11.6. The fourth-order valence-corrected chi connectivity index (χ4v) is 6.08. The number of rotatable bonds is 3. The largest absolute Gasteiger partial charge is 0.325 e. The lowest BCUT2D eigenvalue weighted by Gasteiger charge is -2.30. The molecule has 0 bridgehead atoms. The lowest BCUT2D eigenvalue weighted by molar-refractivity contribution is -0.132. The summed E-state index contributed by atoms with van der Waals surface area (Å²) in [4.78, 5) is 26.5. The van der Waals surface area contributed by atoms with Gasteiger partial charge in [0.1, 0.15) is 5.54 Å². The van der Waals surface area contributed by atoms with Gasteiger partial charge < -0.3 is 5.32 Å². The molecule has 2 aliphatic heterocycles. The van der Waals surface area contributed by atoms with Crippen molar-refractivity contribution >= 4 is 21.8 Å². The van der Waals surface area contributed by atoms with Crippen molar-refractivity contribution in [3.63, 3.8) is 0 Å². The minimum atomic E-state index is -3.10. The van der Waals surface area contributed by atoms with Crippen LogP contribution < -0.4 is 5.32 Å². The molecule has 2 saturated heterocycles. The molecule has 1 aliphatic carbocycles. The van der Waals surface area contributed by atoms with Gasteiger partial charge in [0.15, 0.2) is 9.84 Å². The fourth-order valence-electron chi connectivity index (χ4n) is 4.56. The Morgan fingerprint density at radius 1 is 1.00 bits per heavy atom. The van der Waals surface area contributed by atoms with Crippen LogP contribution in [0.2, 0.25) is 0 Å². The molecule has 4 rings (SSSR count). The molecule has 3 amide bonds. The van der Waals surface area contributed by atoms with Crippen LogP contribution in [0.15, 0.2) is 24.3 Å². The van der Waals surface area contributed by atoms with Crippen molar-refractivity contribution in [3.8, 4) is 0 Å². The van der Waals surface area contributed by atoms with Crippen LogP contribution >= 0.6 is 0 Å². The van der Waals surface area contributed by atoms with Crippen LogP contribution in [0, 0.1) is 0 Å². The molecule has 1 N–H and O–H groups in total. The van der Waals surface area contributed by atoms with E-state index < -0.39 is 21.4 Å². The van der Waals surface area contributed by atoms with Crippen LogP contribution in [0.1, 0.15) is 62.0 Å². The smallest absolute Gasteiger partial charge is 0.323 e. The van der Waals surface area contributed by atoms with Gasteiger partial charge in [-0.3, -0.25) is 9.69 Å². The first-order valence-electron chi connectivity index (χ1n) is 9.82. The number of amides is 3. The molecule has 27 heavy (non-hydrogen) atoms. The number of nitrogens with zero attached hydrogens (tertiary/aromatic N) is 1. The highest BCUT2D eigenvalue weighted by Crippen LogP contribution is 2.34. The van der Waals surface area contributed by atoms with Gasteiger partial charge in [-0.25, -0.2) is 13.2 Å². The molecule has 3 fully saturated rings. The standard InChI is InChI=1S/C20H26N2O4S/c23-18-20(10-12-27(25,26)13-11-20)21-19(24)22(18)14-15-6-8-17(9-7-15)16-4-2-1-3-5-16/h6-9,16H,1-5,10-14H2,(H,21,24). The summed E-state index contributed by atoms with van der Waals surface area (Å²) >= 11 is 0. The first kappa shape index (κ1) is 18.5. The molecule has 1 spiro atoms. The minimum Gasteiger partial charge on any atom is -0.323 e. The fraction of sp³-hybridized carbons (Fsp3) is 0.600. The van der Waals surface area contributed by atoms with Crippen molar-refractivity contribution < 1.29 is 18.0 Å². The maximum absolute atomic E-state index is 12.9. The predicted octanol–water partition coefficient (Wildman–Crippen LogP) is 2.73. The summed E-state index contributed by atoms with van der Waals surface area (Å²) in [5.74, 6) is 0.224. The normalized spacial score (nSPS) is 25.0. The Morgan fingerprint density at radius 3 is 2.26 bits per heavy atom. The molecule has 2 heterocycles. The van der Waals surface area contributed by atoms with Crippen LogP contribution in [-0.2, 0) is 21.2 Å². The Hall–Kier alpha value is -1.89. The highest BCUT2D eigenvalue weighted by molar-refractivity contribution is 7.91. The molecule has 0 unspecified atom stereocenters. The van der Waals surface area contributed by atoms with Crippen LogP contribution in [0.4, 0.5) is 4.79 Å². The molecule has 1 saturated carbocycles. The van der Waals surface area contributed by atoms with E-state index in [0.717, 1.165) is 5.56 Å². The summed E-state index contributed by atoms with van der Waals surface area (Å²) < 4.78 is 23.4. The Bertz CT molecular complexity index is 827. The Balaban J connectivity index is 1.45. The van der Waals surface area contributed by atoms with Crippen LogP contribution in [0.3, 0.4) is 0 Å². The molecule has 6 nitrogen and oxygen atoms in total. The van der Waals surface area contributed by atoms with Crippen molar-refractivity contribution in [3.05, 3.63) is 35.4 Å². The topological polar surface area (TPSA) is 83.5 Å². The summed E-state index contributed by atoms with van der Waals surface area (Å²) in [5, 5.41) is 2.76. The second kappa shape index (κ2) is 6.93. The first-order chi connectivity index (χ1) is 12.9. The summed E-state index contributed by atoms with van der Waals surface area (Å²) in [6, 6.07) is 7.82. The number of hydrogen-bond donors (Lipinski definition) is 1. The van der Waals surface area contributed by atoms with Crippen molar-refractivity contribution in [2.24, 2.45) is 0 Å². The number of nitrogens with one attached hydrogen (secondary N) is 1. The second-order valence-corrected chi connectivity index (χ2v) is 10.4. The van der Waals surface area contributed by atoms with Crippen LogP contribution in [0.5, 0.6) is 0 Å².